The number of aryl methyl sites for hydroxylation is 1. The van der Waals surface area contributed by atoms with Gasteiger partial charge in [0.1, 0.15) is 0 Å². The number of alkyl halides is 3. The zero-order chi connectivity index (χ0) is 13.2. The number of hydrogen-bond acceptors (Lipinski definition) is 4. The summed E-state index contributed by atoms with van der Waals surface area (Å²) in [7, 11) is 1.61. The van der Waals surface area contributed by atoms with Crippen molar-refractivity contribution in [3.05, 3.63) is 35.7 Å². The standard InChI is InChI=1S/C10H10F3N5/c1-18-16-9(15-17-18)6-14-8-4-2-3-7(5-8)10(11,12)13/h2-5,14H,6H2,1H3. The molecule has 1 heterocycles. The molecule has 0 saturated carbocycles. The van der Waals surface area contributed by atoms with Crippen LogP contribution in [0.4, 0.5) is 18.9 Å². The Hall–Kier alpha value is -2.12. The van der Waals surface area contributed by atoms with Gasteiger partial charge < -0.3 is 5.32 Å². The Labute approximate surface area is 101 Å². The van der Waals surface area contributed by atoms with Gasteiger partial charge in [-0.15, -0.1) is 10.2 Å². The van der Waals surface area contributed by atoms with E-state index in [0.717, 1.165) is 12.1 Å². The van der Waals surface area contributed by atoms with Gasteiger partial charge in [0.2, 0.25) is 0 Å². The molecule has 0 amide bonds. The fourth-order valence-electron chi connectivity index (χ4n) is 1.38. The van der Waals surface area contributed by atoms with Crippen LogP contribution in [0.2, 0.25) is 0 Å². The van der Waals surface area contributed by atoms with Gasteiger partial charge in [-0.1, -0.05) is 6.07 Å². The highest BCUT2D eigenvalue weighted by Crippen LogP contribution is 2.30. The maximum atomic E-state index is 12.5. The largest absolute Gasteiger partial charge is 0.416 e. The van der Waals surface area contributed by atoms with Crippen molar-refractivity contribution >= 4 is 5.69 Å². The zero-order valence-electron chi connectivity index (χ0n) is 9.44. The summed E-state index contributed by atoms with van der Waals surface area (Å²) in [5, 5.41) is 14.1. The van der Waals surface area contributed by atoms with Crippen LogP contribution in [0.15, 0.2) is 24.3 Å². The predicted octanol–water partition coefficient (Wildman–Crippen LogP) is 1.84. The molecule has 0 aliphatic rings. The molecule has 1 aromatic heterocycles. The van der Waals surface area contributed by atoms with Crippen LogP contribution in [0.5, 0.6) is 0 Å². The van der Waals surface area contributed by atoms with Gasteiger partial charge in [0, 0.05) is 5.69 Å². The summed E-state index contributed by atoms with van der Waals surface area (Å²) in [6.45, 7) is 0.217. The first-order chi connectivity index (χ1) is 8.45. The van der Waals surface area contributed by atoms with Gasteiger partial charge in [-0.2, -0.15) is 18.0 Å². The molecule has 0 fully saturated rings. The van der Waals surface area contributed by atoms with Gasteiger partial charge in [-0.05, 0) is 23.4 Å². The number of anilines is 1. The van der Waals surface area contributed by atoms with Crippen molar-refractivity contribution in [2.75, 3.05) is 5.32 Å². The van der Waals surface area contributed by atoms with Gasteiger partial charge in [-0.25, -0.2) is 0 Å². The maximum absolute atomic E-state index is 12.5. The second kappa shape index (κ2) is 4.63. The average Bonchev–Trinajstić information content (AvgIpc) is 2.72. The number of nitrogens with one attached hydrogen (secondary N) is 1. The molecule has 2 aromatic rings. The summed E-state index contributed by atoms with van der Waals surface area (Å²) in [6, 6.07) is 4.95. The van der Waals surface area contributed by atoms with Crippen LogP contribution in [0.1, 0.15) is 11.4 Å². The molecule has 2 rings (SSSR count). The quantitative estimate of drug-likeness (QED) is 0.911. The van der Waals surface area contributed by atoms with Crippen molar-refractivity contribution in [2.24, 2.45) is 7.05 Å². The molecule has 96 valence electrons. The minimum atomic E-state index is -4.34. The lowest BCUT2D eigenvalue weighted by molar-refractivity contribution is -0.137. The molecule has 1 N–H and O–H groups in total. The Kier molecular flexibility index (Phi) is 3.17. The van der Waals surface area contributed by atoms with E-state index in [-0.39, 0.29) is 6.54 Å². The third-order valence-electron chi connectivity index (χ3n) is 2.19. The van der Waals surface area contributed by atoms with E-state index in [4.69, 9.17) is 0 Å². The number of benzene rings is 1. The monoisotopic (exact) mass is 257 g/mol. The smallest absolute Gasteiger partial charge is 0.378 e. The highest BCUT2D eigenvalue weighted by atomic mass is 19.4. The van der Waals surface area contributed by atoms with Crippen molar-refractivity contribution in [1.82, 2.24) is 20.2 Å². The lowest BCUT2D eigenvalue weighted by Crippen LogP contribution is -2.07. The molecule has 1 aromatic carbocycles. The number of aromatic nitrogens is 4. The van der Waals surface area contributed by atoms with E-state index < -0.39 is 11.7 Å². The molecule has 0 spiro atoms. The van der Waals surface area contributed by atoms with Gasteiger partial charge in [-0.3, -0.25) is 0 Å². The van der Waals surface area contributed by atoms with Crippen LogP contribution in [-0.2, 0) is 19.8 Å². The van der Waals surface area contributed by atoms with Crippen LogP contribution in [0, 0.1) is 0 Å². The van der Waals surface area contributed by atoms with Crippen LogP contribution >= 0.6 is 0 Å². The molecule has 0 aliphatic carbocycles. The molecular formula is C10H10F3N5. The van der Waals surface area contributed by atoms with E-state index in [0.29, 0.717) is 11.5 Å². The van der Waals surface area contributed by atoms with E-state index in [2.05, 4.69) is 20.7 Å². The summed E-state index contributed by atoms with van der Waals surface area (Å²) >= 11 is 0. The third-order valence-corrected chi connectivity index (χ3v) is 2.19. The molecule has 0 aliphatic heterocycles. The van der Waals surface area contributed by atoms with Gasteiger partial charge in [0.25, 0.3) is 0 Å². The minimum absolute atomic E-state index is 0.217. The van der Waals surface area contributed by atoms with Crippen molar-refractivity contribution in [1.29, 1.82) is 0 Å². The fraction of sp³-hybridized carbons (Fsp3) is 0.300. The Morgan fingerprint density at radius 2 is 2.11 bits per heavy atom. The second-order valence-electron chi connectivity index (χ2n) is 3.63. The van der Waals surface area contributed by atoms with Crippen molar-refractivity contribution in [3.8, 4) is 0 Å². The van der Waals surface area contributed by atoms with Gasteiger partial charge >= 0.3 is 6.18 Å². The van der Waals surface area contributed by atoms with Crippen LogP contribution in [-0.4, -0.2) is 20.2 Å². The van der Waals surface area contributed by atoms with E-state index in [1.54, 1.807) is 13.1 Å². The zero-order valence-corrected chi connectivity index (χ0v) is 9.44. The number of hydrogen-bond donors (Lipinski definition) is 1. The van der Waals surface area contributed by atoms with E-state index in [9.17, 15) is 13.2 Å². The van der Waals surface area contributed by atoms with Crippen LogP contribution in [0.3, 0.4) is 0 Å². The van der Waals surface area contributed by atoms with Gasteiger partial charge in [0.05, 0.1) is 19.2 Å². The molecule has 5 nitrogen and oxygen atoms in total. The SMILES string of the molecule is Cn1nnc(CNc2cccc(C(F)(F)F)c2)n1. The molecule has 18 heavy (non-hydrogen) atoms. The second-order valence-corrected chi connectivity index (χ2v) is 3.63. The topological polar surface area (TPSA) is 55.6 Å². The normalized spacial score (nSPS) is 11.6. The summed E-state index contributed by atoms with van der Waals surface area (Å²) < 4.78 is 37.4. The molecule has 0 bridgehead atoms. The third kappa shape index (κ3) is 2.96. The number of tetrazole rings is 1. The first-order valence-electron chi connectivity index (χ1n) is 5.09. The van der Waals surface area contributed by atoms with Gasteiger partial charge in [0.15, 0.2) is 5.82 Å². The summed E-state index contributed by atoms with van der Waals surface area (Å²) in [5.74, 6) is 0.412. The fourth-order valence-corrected chi connectivity index (χ4v) is 1.38. The summed E-state index contributed by atoms with van der Waals surface area (Å²) in [6.07, 6.45) is -4.34. The highest BCUT2D eigenvalue weighted by Gasteiger charge is 2.30. The summed E-state index contributed by atoms with van der Waals surface area (Å²) in [5.41, 5.74) is -0.336. The first kappa shape index (κ1) is 12.3. The summed E-state index contributed by atoms with van der Waals surface area (Å²) in [4.78, 5) is 1.28. The van der Waals surface area contributed by atoms with E-state index in [1.165, 1.54) is 10.9 Å². The Morgan fingerprint density at radius 1 is 1.33 bits per heavy atom. The van der Waals surface area contributed by atoms with Crippen molar-refractivity contribution < 1.29 is 13.2 Å². The predicted molar refractivity (Wildman–Crippen MR) is 57.6 cm³/mol. The first-order valence-corrected chi connectivity index (χ1v) is 5.09. The number of halogens is 3. The molecule has 0 atom stereocenters. The lowest BCUT2D eigenvalue weighted by atomic mass is 10.2. The molecule has 0 unspecified atom stereocenters. The minimum Gasteiger partial charge on any atom is -0.378 e. The Balaban J connectivity index is 2.06. The van der Waals surface area contributed by atoms with Crippen LogP contribution < -0.4 is 5.32 Å². The van der Waals surface area contributed by atoms with E-state index >= 15 is 0 Å². The number of rotatable bonds is 3. The maximum Gasteiger partial charge on any atom is 0.416 e. The van der Waals surface area contributed by atoms with Crippen molar-refractivity contribution in [2.45, 2.75) is 12.7 Å². The van der Waals surface area contributed by atoms with E-state index in [1.807, 2.05) is 0 Å². The lowest BCUT2D eigenvalue weighted by Gasteiger charge is -2.09. The van der Waals surface area contributed by atoms with Crippen LogP contribution in [0.25, 0.3) is 0 Å². The highest BCUT2D eigenvalue weighted by molar-refractivity contribution is 5.46. The molecule has 0 saturated heterocycles. The molecule has 0 radical (unpaired) electrons. The molecule has 8 heteroatoms. The van der Waals surface area contributed by atoms with Crippen molar-refractivity contribution in [3.63, 3.8) is 0 Å². The number of nitrogens with zero attached hydrogens (tertiary/aromatic N) is 4. The Morgan fingerprint density at radius 3 is 2.72 bits per heavy atom. The molecular weight excluding hydrogens is 247 g/mol. The average molecular weight is 257 g/mol. The Bertz CT molecular complexity index is 534.